The van der Waals surface area contributed by atoms with Crippen LogP contribution in [-0.4, -0.2) is 39.3 Å². The SMILES string of the molecule is CCNc1ncc2c(n1)CN(C(=O)c1cc(CC3=NNC(C=O)c4ccccc43)ccc1F)C2. The highest BCUT2D eigenvalue weighted by molar-refractivity contribution is 6.05. The molecule has 1 atom stereocenters. The van der Waals surface area contributed by atoms with Crippen LogP contribution in [0.5, 0.6) is 0 Å². The van der Waals surface area contributed by atoms with Crippen molar-refractivity contribution in [3.63, 3.8) is 0 Å². The van der Waals surface area contributed by atoms with E-state index in [0.29, 0.717) is 32.0 Å². The maximum Gasteiger partial charge on any atom is 0.257 e. The van der Waals surface area contributed by atoms with Gasteiger partial charge in [-0.15, -0.1) is 0 Å². The summed E-state index contributed by atoms with van der Waals surface area (Å²) in [7, 11) is 0. The van der Waals surface area contributed by atoms with Crippen molar-refractivity contribution in [2.75, 3.05) is 11.9 Å². The molecule has 2 aliphatic heterocycles. The molecule has 2 aliphatic rings. The second-order valence-corrected chi connectivity index (χ2v) is 8.24. The lowest BCUT2D eigenvalue weighted by Gasteiger charge is -2.22. The molecule has 1 unspecified atom stereocenters. The summed E-state index contributed by atoms with van der Waals surface area (Å²) in [6.45, 7) is 3.29. The second kappa shape index (κ2) is 9.01. The molecule has 3 heterocycles. The first-order chi connectivity index (χ1) is 16.6. The van der Waals surface area contributed by atoms with Crippen molar-refractivity contribution in [3.8, 4) is 0 Å². The molecule has 0 saturated heterocycles. The minimum Gasteiger partial charge on any atom is -0.354 e. The van der Waals surface area contributed by atoms with Gasteiger partial charge in [-0.1, -0.05) is 30.3 Å². The van der Waals surface area contributed by atoms with Crippen LogP contribution in [0.25, 0.3) is 0 Å². The predicted molar refractivity (Wildman–Crippen MR) is 125 cm³/mol. The van der Waals surface area contributed by atoms with E-state index >= 15 is 0 Å². The Labute approximate surface area is 195 Å². The van der Waals surface area contributed by atoms with Gasteiger partial charge >= 0.3 is 0 Å². The first-order valence-electron chi connectivity index (χ1n) is 11.1. The number of hydrazone groups is 1. The van der Waals surface area contributed by atoms with Gasteiger partial charge in [0.2, 0.25) is 5.95 Å². The van der Waals surface area contributed by atoms with Gasteiger partial charge in [0.1, 0.15) is 18.1 Å². The quantitative estimate of drug-likeness (QED) is 0.551. The summed E-state index contributed by atoms with van der Waals surface area (Å²) in [5.74, 6) is -0.454. The molecule has 0 radical (unpaired) electrons. The van der Waals surface area contributed by atoms with E-state index < -0.39 is 17.8 Å². The highest BCUT2D eigenvalue weighted by Crippen LogP contribution is 2.26. The van der Waals surface area contributed by atoms with Crippen LogP contribution in [0.4, 0.5) is 10.3 Å². The van der Waals surface area contributed by atoms with Crippen molar-refractivity contribution in [1.29, 1.82) is 0 Å². The molecular formula is C25H23FN6O2. The molecule has 5 rings (SSSR count). The molecular weight excluding hydrogens is 435 g/mol. The number of hydrogen-bond donors (Lipinski definition) is 2. The predicted octanol–water partition coefficient (Wildman–Crippen LogP) is 2.99. The third-order valence-electron chi connectivity index (χ3n) is 5.99. The van der Waals surface area contributed by atoms with E-state index in [2.05, 4.69) is 25.8 Å². The van der Waals surface area contributed by atoms with Gasteiger partial charge < -0.3 is 15.0 Å². The maximum atomic E-state index is 14.7. The number of halogens is 1. The van der Waals surface area contributed by atoms with Crippen molar-refractivity contribution in [3.05, 3.63) is 88.0 Å². The van der Waals surface area contributed by atoms with Crippen LogP contribution in [-0.2, 0) is 24.3 Å². The molecule has 0 aliphatic carbocycles. The summed E-state index contributed by atoms with van der Waals surface area (Å²) in [6, 6.07) is 11.6. The topological polar surface area (TPSA) is 99.6 Å². The Morgan fingerprint density at radius 2 is 2.12 bits per heavy atom. The fourth-order valence-electron chi connectivity index (χ4n) is 4.30. The zero-order chi connectivity index (χ0) is 23.7. The smallest absolute Gasteiger partial charge is 0.257 e. The average Bonchev–Trinajstić information content (AvgIpc) is 3.29. The first kappa shape index (κ1) is 21.7. The number of aldehydes is 1. The van der Waals surface area contributed by atoms with Gasteiger partial charge in [0.05, 0.1) is 23.5 Å². The normalized spacial score (nSPS) is 16.2. The fourth-order valence-corrected chi connectivity index (χ4v) is 4.30. The Bertz CT molecular complexity index is 1310. The lowest BCUT2D eigenvalue weighted by molar-refractivity contribution is -0.109. The number of nitrogens with zero attached hydrogens (tertiary/aromatic N) is 4. The molecule has 2 aromatic carbocycles. The molecule has 1 amide bonds. The molecule has 9 heteroatoms. The standard InChI is InChI=1S/C25H23FN6O2/c1-2-27-25-28-11-16-12-32(13-22(16)29-25)24(34)19-9-15(7-8-20(19)26)10-21-17-5-3-4-6-18(17)23(14-33)31-30-21/h3-9,11,14,23,31H,2,10,12-13H2,1H3,(H,27,28,29). The number of rotatable bonds is 6. The summed E-state index contributed by atoms with van der Waals surface area (Å²) < 4.78 is 14.7. The Balaban J connectivity index is 1.37. The van der Waals surface area contributed by atoms with Crippen molar-refractivity contribution >= 4 is 23.9 Å². The zero-order valence-corrected chi connectivity index (χ0v) is 18.6. The van der Waals surface area contributed by atoms with E-state index in [4.69, 9.17) is 0 Å². The van der Waals surface area contributed by atoms with E-state index in [9.17, 15) is 14.0 Å². The molecule has 0 bridgehead atoms. The zero-order valence-electron chi connectivity index (χ0n) is 18.6. The van der Waals surface area contributed by atoms with Crippen LogP contribution in [0.3, 0.4) is 0 Å². The van der Waals surface area contributed by atoms with Gasteiger partial charge in [-0.25, -0.2) is 14.4 Å². The van der Waals surface area contributed by atoms with Gasteiger partial charge in [-0.3, -0.25) is 10.2 Å². The molecule has 8 nitrogen and oxygen atoms in total. The number of carbonyl (C=O) groups is 2. The van der Waals surface area contributed by atoms with Gasteiger partial charge in [0, 0.05) is 36.8 Å². The number of amides is 1. The molecule has 34 heavy (non-hydrogen) atoms. The lowest BCUT2D eigenvalue weighted by atomic mass is 9.92. The Hall–Kier alpha value is -4.14. The highest BCUT2D eigenvalue weighted by Gasteiger charge is 2.28. The van der Waals surface area contributed by atoms with E-state index in [1.807, 2.05) is 31.2 Å². The van der Waals surface area contributed by atoms with E-state index in [0.717, 1.165) is 39.9 Å². The van der Waals surface area contributed by atoms with Gasteiger partial charge in [-0.2, -0.15) is 5.10 Å². The molecule has 3 aromatic rings. The van der Waals surface area contributed by atoms with Crippen LogP contribution in [0, 0.1) is 5.82 Å². The highest BCUT2D eigenvalue weighted by atomic mass is 19.1. The maximum absolute atomic E-state index is 14.7. The summed E-state index contributed by atoms with van der Waals surface area (Å²) in [5.41, 5.74) is 7.66. The van der Waals surface area contributed by atoms with E-state index in [1.165, 1.54) is 6.07 Å². The van der Waals surface area contributed by atoms with Crippen LogP contribution >= 0.6 is 0 Å². The number of benzene rings is 2. The Morgan fingerprint density at radius 1 is 1.26 bits per heavy atom. The Kier molecular flexibility index (Phi) is 5.75. The van der Waals surface area contributed by atoms with Gasteiger partial charge in [0.25, 0.3) is 5.91 Å². The Morgan fingerprint density at radius 3 is 2.94 bits per heavy atom. The second-order valence-electron chi connectivity index (χ2n) is 8.24. The number of hydrogen-bond acceptors (Lipinski definition) is 7. The molecule has 0 spiro atoms. The monoisotopic (exact) mass is 458 g/mol. The summed E-state index contributed by atoms with van der Waals surface area (Å²) in [4.78, 5) is 34.9. The lowest BCUT2D eigenvalue weighted by Crippen LogP contribution is -2.28. The van der Waals surface area contributed by atoms with Crippen LogP contribution in [0.1, 0.15) is 51.3 Å². The number of carbonyl (C=O) groups excluding carboxylic acids is 2. The minimum absolute atomic E-state index is 0.00796. The van der Waals surface area contributed by atoms with E-state index in [1.54, 1.807) is 23.2 Å². The van der Waals surface area contributed by atoms with Gasteiger partial charge in [-0.05, 0) is 30.2 Å². The third kappa shape index (κ3) is 4.00. The molecule has 172 valence electrons. The van der Waals surface area contributed by atoms with Crippen LogP contribution < -0.4 is 10.7 Å². The number of nitrogens with one attached hydrogen (secondary N) is 2. The fraction of sp³-hybridized carbons (Fsp3) is 0.240. The van der Waals surface area contributed by atoms with Crippen molar-refractivity contribution in [2.24, 2.45) is 5.10 Å². The number of aromatic nitrogens is 2. The van der Waals surface area contributed by atoms with Crippen LogP contribution in [0.15, 0.2) is 53.8 Å². The molecule has 0 saturated carbocycles. The largest absolute Gasteiger partial charge is 0.354 e. The summed E-state index contributed by atoms with van der Waals surface area (Å²) >= 11 is 0. The summed E-state index contributed by atoms with van der Waals surface area (Å²) in [5, 5.41) is 7.43. The number of fused-ring (bicyclic) bond motifs is 2. The molecule has 0 fully saturated rings. The third-order valence-corrected chi connectivity index (χ3v) is 5.99. The molecule has 1 aromatic heterocycles. The summed E-state index contributed by atoms with van der Waals surface area (Å²) in [6.07, 6.45) is 2.90. The van der Waals surface area contributed by atoms with Crippen molar-refractivity contribution in [2.45, 2.75) is 32.5 Å². The van der Waals surface area contributed by atoms with Crippen molar-refractivity contribution < 1.29 is 14.0 Å². The number of anilines is 1. The average molecular weight is 458 g/mol. The van der Waals surface area contributed by atoms with Crippen molar-refractivity contribution in [1.82, 2.24) is 20.3 Å². The van der Waals surface area contributed by atoms with Crippen LogP contribution in [0.2, 0.25) is 0 Å². The van der Waals surface area contributed by atoms with E-state index in [-0.39, 0.29) is 5.56 Å². The first-order valence-corrected chi connectivity index (χ1v) is 11.1. The van der Waals surface area contributed by atoms with Gasteiger partial charge in [0.15, 0.2) is 0 Å². The molecule has 2 N–H and O–H groups in total. The minimum atomic E-state index is -0.575.